The fourth-order valence-electron chi connectivity index (χ4n) is 2.10. The van der Waals surface area contributed by atoms with Crippen LogP contribution in [0.15, 0.2) is 36.5 Å². The number of nitrogens with one attached hydrogen (secondary N) is 2. The topological polar surface area (TPSA) is 63.3 Å². The highest BCUT2D eigenvalue weighted by Crippen LogP contribution is 2.40. The highest BCUT2D eigenvalue weighted by atomic mass is 32.1. The van der Waals surface area contributed by atoms with Crippen molar-refractivity contribution >= 4 is 23.8 Å². The molecule has 1 aromatic heterocycles. The van der Waals surface area contributed by atoms with Gasteiger partial charge in [0.25, 0.3) is 5.91 Å². The SMILES string of the molecule is CC1(C)Oc2ccc(NC(=O)c3ccc[nH]c3=S)cc2O1. The molecule has 0 atom stereocenters. The highest BCUT2D eigenvalue weighted by molar-refractivity contribution is 7.71. The number of hydrogen-bond acceptors (Lipinski definition) is 4. The van der Waals surface area contributed by atoms with Gasteiger partial charge in [-0.15, -0.1) is 0 Å². The minimum absolute atomic E-state index is 0.269. The first-order chi connectivity index (χ1) is 9.94. The molecular weight excluding hydrogens is 288 g/mol. The molecule has 1 aliphatic heterocycles. The van der Waals surface area contributed by atoms with Crippen molar-refractivity contribution < 1.29 is 14.3 Å². The van der Waals surface area contributed by atoms with E-state index in [4.69, 9.17) is 21.7 Å². The van der Waals surface area contributed by atoms with E-state index in [1.165, 1.54) is 0 Å². The first-order valence-corrected chi connectivity index (χ1v) is 6.87. The zero-order chi connectivity index (χ0) is 15.0. The molecule has 2 N–H and O–H groups in total. The molecule has 0 saturated heterocycles. The van der Waals surface area contributed by atoms with Crippen molar-refractivity contribution in [2.45, 2.75) is 19.6 Å². The van der Waals surface area contributed by atoms with Crippen LogP contribution in [0.2, 0.25) is 0 Å². The van der Waals surface area contributed by atoms with E-state index in [0.717, 1.165) is 0 Å². The molecule has 2 aromatic rings. The Bertz CT molecular complexity index is 768. The first-order valence-electron chi connectivity index (χ1n) is 6.46. The standard InChI is InChI=1S/C15H14N2O3S/c1-15(2)19-11-6-5-9(8-12(11)20-15)17-13(18)10-4-3-7-16-14(10)21/h3-8H,1-2H3,(H,16,21)(H,17,18). The van der Waals surface area contributed by atoms with Crippen molar-refractivity contribution in [1.82, 2.24) is 4.98 Å². The van der Waals surface area contributed by atoms with E-state index in [0.29, 0.717) is 27.4 Å². The molecule has 1 amide bonds. The van der Waals surface area contributed by atoms with Crippen LogP contribution < -0.4 is 14.8 Å². The Morgan fingerprint density at radius 3 is 2.76 bits per heavy atom. The minimum atomic E-state index is -0.687. The Morgan fingerprint density at radius 1 is 1.24 bits per heavy atom. The lowest BCUT2D eigenvalue weighted by Gasteiger charge is -2.16. The molecule has 3 rings (SSSR count). The van der Waals surface area contributed by atoms with Gasteiger partial charge in [0.2, 0.25) is 5.79 Å². The first kappa shape index (κ1) is 13.6. The third kappa shape index (κ3) is 2.75. The Labute approximate surface area is 126 Å². The summed E-state index contributed by atoms with van der Waals surface area (Å²) in [6.45, 7) is 3.66. The zero-order valence-electron chi connectivity index (χ0n) is 11.6. The predicted octanol–water partition coefficient (Wildman–Crippen LogP) is 3.50. The molecule has 0 radical (unpaired) electrons. The average Bonchev–Trinajstić information content (AvgIpc) is 2.72. The van der Waals surface area contributed by atoms with Gasteiger partial charge in [0.05, 0.1) is 5.56 Å². The van der Waals surface area contributed by atoms with E-state index < -0.39 is 5.79 Å². The van der Waals surface area contributed by atoms with E-state index in [-0.39, 0.29) is 5.91 Å². The van der Waals surface area contributed by atoms with Crippen LogP contribution in [0.5, 0.6) is 11.5 Å². The molecule has 0 unspecified atom stereocenters. The van der Waals surface area contributed by atoms with Crippen LogP contribution in [-0.2, 0) is 0 Å². The van der Waals surface area contributed by atoms with Crippen LogP contribution in [0.1, 0.15) is 24.2 Å². The van der Waals surface area contributed by atoms with E-state index in [1.807, 2.05) is 13.8 Å². The summed E-state index contributed by atoms with van der Waals surface area (Å²) in [7, 11) is 0. The number of aromatic amines is 1. The Balaban J connectivity index is 1.83. The summed E-state index contributed by atoms with van der Waals surface area (Å²) in [5.41, 5.74) is 1.05. The summed E-state index contributed by atoms with van der Waals surface area (Å²) in [5, 5.41) is 2.79. The summed E-state index contributed by atoms with van der Waals surface area (Å²) in [6, 6.07) is 8.66. The molecule has 2 heterocycles. The summed E-state index contributed by atoms with van der Waals surface area (Å²) in [4.78, 5) is 15.0. The van der Waals surface area contributed by atoms with E-state index in [2.05, 4.69) is 10.3 Å². The predicted molar refractivity (Wildman–Crippen MR) is 81.4 cm³/mol. The lowest BCUT2D eigenvalue weighted by atomic mass is 10.2. The third-order valence-corrected chi connectivity index (χ3v) is 3.31. The number of carbonyl (C=O) groups is 1. The molecule has 0 fully saturated rings. The van der Waals surface area contributed by atoms with Crippen LogP contribution in [0.4, 0.5) is 5.69 Å². The molecule has 0 spiro atoms. The summed E-state index contributed by atoms with van der Waals surface area (Å²) in [6.07, 6.45) is 1.68. The second-order valence-electron chi connectivity index (χ2n) is 5.13. The Morgan fingerprint density at radius 2 is 2.00 bits per heavy atom. The van der Waals surface area contributed by atoms with Gasteiger partial charge in [-0.3, -0.25) is 4.79 Å². The maximum Gasteiger partial charge on any atom is 0.258 e. The molecule has 1 aromatic carbocycles. The van der Waals surface area contributed by atoms with Gasteiger partial charge in [0.15, 0.2) is 11.5 Å². The third-order valence-electron chi connectivity index (χ3n) is 2.98. The monoisotopic (exact) mass is 302 g/mol. The molecule has 5 nitrogen and oxygen atoms in total. The molecule has 0 aliphatic carbocycles. The molecular formula is C15H14N2O3S. The van der Waals surface area contributed by atoms with Crippen LogP contribution in [-0.4, -0.2) is 16.7 Å². The lowest BCUT2D eigenvalue weighted by molar-refractivity contribution is -0.0431. The van der Waals surface area contributed by atoms with E-state index >= 15 is 0 Å². The lowest BCUT2D eigenvalue weighted by Crippen LogP contribution is -2.29. The number of anilines is 1. The van der Waals surface area contributed by atoms with Crippen LogP contribution in [0.3, 0.4) is 0 Å². The van der Waals surface area contributed by atoms with Crippen LogP contribution in [0, 0.1) is 4.64 Å². The van der Waals surface area contributed by atoms with Crippen LogP contribution >= 0.6 is 12.2 Å². The number of benzene rings is 1. The van der Waals surface area contributed by atoms with Gasteiger partial charge in [0, 0.05) is 31.8 Å². The average molecular weight is 302 g/mol. The number of fused-ring (bicyclic) bond motifs is 1. The summed E-state index contributed by atoms with van der Waals surface area (Å²) in [5.74, 6) is 0.314. The fourth-order valence-corrected chi connectivity index (χ4v) is 2.33. The summed E-state index contributed by atoms with van der Waals surface area (Å²) < 4.78 is 11.6. The second-order valence-corrected chi connectivity index (χ2v) is 5.54. The number of H-pyrrole nitrogens is 1. The minimum Gasteiger partial charge on any atom is -0.449 e. The highest BCUT2D eigenvalue weighted by Gasteiger charge is 2.31. The molecule has 108 valence electrons. The van der Waals surface area contributed by atoms with Gasteiger partial charge in [0.1, 0.15) is 4.64 Å². The smallest absolute Gasteiger partial charge is 0.258 e. The fraction of sp³-hybridized carbons (Fsp3) is 0.200. The summed E-state index contributed by atoms with van der Waals surface area (Å²) >= 11 is 5.09. The Kier molecular flexibility index (Phi) is 3.17. The number of ether oxygens (including phenoxy) is 2. The maximum absolute atomic E-state index is 12.2. The Hall–Kier alpha value is -2.34. The maximum atomic E-state index is 12.2. The zero-order valence-corrected chi connectivity index (χ0v) is 12.4. The number of aromatic nitrogens is 1. The molecule has 0 saturated carbocycles. The van der Waals surface area contributed by atoms with Crippen molar-refractivity contribution in [2.24, 2.45) is 0 Å². The van der Waals surface area contributed by atoms with Crippen molar-refractivity contribution in [1.29, 1.82) is 0 Å². The number of hydrogen-bond donors (Lipinski definition) is 2. The molecule has 6 heteroatoms. The van der Waals surface area contributed by atoms with Crippen molar-refractivity contribution in [3.8, 4) is 11.5 Å². The molecule has 0 bridgehead atoms. The van der Waals surface area contributed by atoms with Crippen molar-refractivity contribution in [3.05, 3.63) is 46.7 Å². The van der Waals surface area contributed by atoms with E-state index in [1.54, 1.807) is 36.5 Å². The van der Waals surface area contributed by atoms with Crippen LogP contribution in [0.25, 0.3) is 0 Å². The van der Waals surface area contributed by atoms with E-state index in [9.17, 15) is 4.79 Å². The number of rotatable bonds is 2. The van der Waals surface area contributed by atoms with Gasteiger partial charge >= 0.3 is 0 Å². The van der Waals surface area contributed by atoms with Gasteiger partial charge in [-0.25, -0.2) is 0 Å². The van der Waals surface area contributed by atoms with Gasteiger partial charge in [-0.1, -0.05) is 12.2 Å². The second kappa shape index (κ2) is 4.89. The number of carbonyl (C=O) groups excluding carboxylic acids is 1. The van der Waals surface area contributed by atoms with Crippen molar-refractivity contribution in [3.63, 3.8) is 0 Å². The van der Waals surface area contributed by atoms with Gasteiger partial charge < -0.3 is 19.8 Å². The van der Waals surface area contributed by atoms with Gasteiger partial charge in [-0.05, 0) is 24.3 Å². The largest absolute Gasteiger partial charge is 0.449 e. The number of amides is 1. The molecule has 21 heavy (non-hydrogen) atoms. The quantitative estimate of drug-likeness (QED) is 0.833. The molecule has 1 aliphatic rings. The van der Waals surface area contributed by atoms with Gasteiger partial charge in [-0.2, -0.15) is 0 Å². The van der Waals surface area contributed by atoms with Crippen molar-refractivity contribution in [2.75, 3.05) is 5.32 Å². The normalized spacial score (nSPS) is 14.8. The number of pyridine rings is 1.